The molecule has 1 aromatic rings. The molecule has 4 heteroatoms. The van der Waals surface area contributed by atoms with E-state index in [1.54, 1.807) is 20.4 Å². The lowest BCUT2D eigenvalue weighted by Gasteiger charge is -2.16. The minimum atomic E-state index is -0.287. The average molecular weight is 194 g/mol. The monoisotopic (exact) mass is 194 g/mol. The van der Waals surface area contributed by atoms with Crippen LogP contribution in [0.3, 0.4) is 0 Å². The van der Waals surface area contributed by atoms with Gasteiger partial charge in [0.1, 0.15) is 5.75 Å². The Bertz CT molecular complexity index is 326. The van der Waals surface area contributed by atoms with E-state index < -0.39 is 0 Å². The van der Waals surface area contributed by atoms with E-state index in [2.05, 4.69) is 4.98 Å². The zero-order chi connectivity index (χ0) is 10.2. The van der Waals surface area contributed by atoms with Crippen molar-refractivity contribution in [3.63, 3.8) is 0 Å². The Morgan fingerprint density at radius 1 is 1.36 bits per heavy atom. The Balaban J connectivity index is 2.52. The van der Waals surface area contributed by atoms with Crippen LogP contribution in [-0.2, 0) is 5.54 Å². The predicted octanol–water partition coefficient (Wildman–Crippen LogP) is 1.05. The first-order valence-corrected chi connectivity index (χ1v) is 4.57. The Morgan fingerprint density at radius 3 is 2.57 bits per heavy atom. The van der Waals surface area contributed by atoms with Gasteiger partial charge in [-0.2, -0.15) is 0 Å². The highest BCUT2D eigenvalue weighted by Crippen LogP contribution is 2.49. The summed E-state index contributed by atoms with van der Waals surface area (Å²) in [6, 6.07) is 1.81. The molecule has 4 nitrogen and oxygen atoms in total. The van der Waals surface area contributed by atoms with Gasteiger partial charge >= 0.3 is 0 Å². The summed E-state index contributed by atoms with van der Waals surface area (Å²) in [6.45, 7) is 0. The fraction of sp³-hybridized carbons (Fsp3) is 0.500. The molecule has 1 aromatic heterocycles. The lowest BCUT2D eigenvalue weighted by molar-refractivity contribution is 0.365. The molecule has 0 amide bonds. The highest BCUT2D eigenvalue weighted by atomic mass is 16.5. The maximum absolute atomic E-state index is 6.12. The Labute approximate surface area is 83.0 Å². The fourth-order valence-corrected chi connectivity index (χ4v) is 1.59. The van der Waals surface area contributed by atoms with Crippen molar-refractivity contribution in [2.24, 2.45) is 5.73 Å². The number of nitrogens with two attached hydrogens (primary N) is 1. The zero-order valence-corrected chi connectivity index (χ0v) is 8.41. The fourth-order valence-electron chi connectivity index (χ4n) is 1.59. The maximum Gasteiger partial charge on any atom is 0.221 e. The molecule has 0 saturated heterocycles. The van der Waals surface area contributed by atoms with Crippen molar-refractivity contribution < 1.29 is 9.47 Å². The van der Waals surface area contributed by atoms with Gasteiger partial charge in [-0.1, -0.05) is 0 Å². The van der Waals surface area contributed by atoms with E-state index >= 15 is 0 Å². The molecule has 0 aromatic carbocycles. The summed E-state index contributed by atoms with van der Waals surface area (Å²) in [5, 5.41) is 0. The van der Waals surface area contributed by atoms with Crippen molar-refractivity contribution in [2.45, 2.75) is 18.4 Å². The first-order valence-electron chi connectivity index (χ1n) is 4.57. The molecular weight excluding hydrogens is 180 g/mol. The molecule has 2 rings (SSSR count). The van der Waals surface area contributed by atoms with Gasteiger partial charge in [-0.25, -0.2) is 4.98 Å². The van der Waals surface area contributed by atoms with Crippen LogP contribution in [0, 0.1) is 0 Å². The molecule has 0 atom stereocenters. The van der Waals surface area contributed by atoms with E-state index in [1.165, 1.54) is 0 Å². The lowest BCUT2D eigenvalue weighted by Crippen LogP contribution is -2.21. The quantitative estimate of drug-likeness (QED) is 0.781. The standard InChI is InChI=1S/C10H14N2O2/c1-13-7-3-6-12-9(14-2)8(7)10(11)4-5-10/h3,6H,4-5,11H2,1-2H3. The third kappa shape index (κ3) is 1.32. The van der Waals surface area contributed by atoms with Crippen molar-refractivity contribution in [2.75, 3.05) is 14.2 Å². The van der Waals surface area contributed by atoms with Crippen molar-refractivity contribution in [3.05, 3.63) is 17.8 Å². The number of ether oxygens (including phenoxy) is 2. The van der Waals surface area contributed by atoms with E-state index in [9.17, 15) is 0 Å². The second-order valence-electron chi connectivity index (χ2n) is 3.55. The summed E-state index contributed by atoms with van der Waals surface area (Å²) in [7, 11) is 3.22. The van der Waals surface area contributed by atoms with Crippen LogP contribution in [0.25, 0.3) is 0 Å². The van der Waals surface area contributed by atoms with Gasteiger partial charge < -0.3 is 15.2 Å². The molecule has 1 aliphatic rings. The van der Waals surface area contributed by atoms with E-state index in [4.69, 9.17) is 15.2 Å². The molecule has 1 saturated carbocycles. The number of rotatable bonds is 3. The van der Waals surface area contributed by atoms with Crippen LogP contribution >= 0.6 is 0 Å². The molecule has 0 unspecified atom stereocenters. The second kappa shape index (κ2) is 3.13. The van der Waals surface area contributed by atoms with Crippen molar-refractivity contribution in [3.8, 4) is 11.6 Å². The van der Waals surface area contributed by atoms with Crippen LogP contribution in [0.5, 0.6) is 11.6 Å². The topological polar surface area (TPSA) is 57.4 Å². The van der Waals surface area contributed by atoms with E-state index in [0.717, 1.165) is 24.2 Å². The third-order valence-electron chi connectivity index (χ3n) is 2.58. The van der Waals surface area contributed by atoms with Crippen LogP contribution < -0.4 is 15.2 Å². The van der Waals surface area contributed by atoms with Gasteiger partial charge in [-0.15, -0.1) is 0 Å². The number of hydrogen-bond donors (Lipinski definition) is 1. The zero-order valence-electron chi connectivity index (χ0n) is 8.41. The number of nitrogens with zero attached hydrogens (tertiary/aromatic N) is 1. The SMILES string of the molecule is COc1ccnc(OC)c1C1(N)CC1. The maximum atomic E-state index is 6.12. The lowest BCUT2D eigenvalue weighted by atomic mass is 10.1. The molecule has 14 heavy (non-hydrogen) atoms. The van der Waals surface area contributed by atoms with Gasteiger partial charge in [0.05, 0.1) is 25.3 Å². The summed E-state index contributed by atoms with van der Waals surface area (Å²) in [6.07, 6.45) is 3.59. The third-order valence-corrected chi connectivity index (χ3v) is 2.58. The molecule has 0 bridgehead atoms. The number of aromatic nitrogens is 1. The minimum absolute atomic E-state index is 0.287. The van der Waals surface area contributed by atoms with Crippen LogP contribution in [-0.4, -0.2) is 19.2 Å². The van der Waals surface area contributed by atoms with Crippen LogP contribution in [0.4, 0.5) is 0 Å². The number of hydrogen-bond acceptors (Lipinski definition) is 4. The normalized spacial score (nSPS) is 17.6. The highest BCUT2D eigenvalue weighted by molar-refractivity contribution is 5.47. The molecule has 76 valence electrons. The Kier molecular flexibility index (Phi) is 2.07. The van der Waals surface area contributed by atoms with Crippen molar-refractivity contribution in [1.29, 1.82) is 0 Å². The Morgan fingerprint density at radius 2 is 2.07 bits per heavy atom. The van der Waals surface area contributed by atoms with Crippen molar-refractivity contribution >= 4 is 0 Å². The predicted molar refractivity (Wildman–Crippen MR) is 52.4 cm³/mol. The molecule has 0 radical (unpaired) electrons. The minimum Gasteiger partial charge on any atom is -0.496 e. The van der Waals surface area contributed by atoms with Gasteiger partial charge in [0.2, 0.25) is 5.88 Å². The summed E-state index contributed by atoms with van der Waals surface area (Å²) in [5.41, 5.74) is 6.73. The van der Waals surface area contributed by atoms with Crippen molar-refractivity contribution in [1.82, 2.24) is 4.98 Å². The first-order chi connectivity index (χ1) is 6.71. The molecule has 1 aliphatic carbocycles. The average Bonchev–Trinajstić information content (AvgIpc) is 2.96. The number of pyridine rings is 1. The van der Waals surface area contributed by atoms with Gasteiger partial charge in [-0.3, -0.25) is 0 Å². The van der Waals surface area contributed by atoms with Crippen LogP contribution in [0.2, 0.25) is 0 Å². The van der Waals surface area contributed by atoms with E-state index in [0.29, 0.717) is 5.88 Å². The number of methoxy groups -OCH3 is 2. The molecule has 0 spiro atoms. The first kappa shape index (κ1) is 9.27. The second-order valence-corrected chi connectivity index (χ2v) is 3.55. The summed E-state index contributed by atoms with van der Waals surface area (Å²) >= 11 is 0. The largest absolute Gasteiger partial charge is 0.496 e. The molecule has 2 N–H and O–H groups in total. The highest BCUT2D eigenvalue weighted by Gasteiger charge is 2.45. The molecule has 1 heterocycles. The molecular formula is C10H14N2O2. The van der Waals surface area contributed by atoms with Crippen LogP contribution in [0.15, 0.2) is 12.3 Å². The Hall–Kier alpha value is -1.29. The van der Waals surface area contributed by atoms with Gasteiger partial charge in [0.25, 0.3) is 0 Å². The molecule has 0 aliphatic heterocycles. The van der Waals surface area contributed by atoms with E-state index in [-0.39, 0.29) is 5.54 Å². The van der Waals surface area contributed by atoms with Crippen LogP contribution in [0.1, 0.15) is 18.4 Å². The van der Waals surface area contributed by atoms with Gasteiger partial charge in [0, 0.05) is 6.20 Å². The smallest absolute Gasteiger partial charge is 0.221 e. The van der Waals surface area contributed by atoms with E-state index in [1.807, 2.05) is 6.07 Å². The summed E-state index contributed by atoms with van der Waals surface area (Å²) in [5.74, 6) is 1.33. The summed E-state index contributed by atoms with van der Waals surface area (Å²) < 4.78 is 10.4. The molecule has 1 fully saturated rings. The van der Waals surface area contributed by atoms with Gasteiger partial charge in [0.15, 0.2) is 0 Å². The summed E-state index contributed by atoms with van der Waals surface area (Å²) in [4.78, 5) is 4.13. The van der Waals surface area contributed by atoms with Gasteiger partial charge in [-0.05, 0) is 18.9 Å².